The third kappa shape index (κ3) is 5.73. The van der Waals surface area contributed by atoms with Gasteiger partial charge in [-0.25, -0.2) is 4.98 Å². The van der Waals surface area contributed by atoms with Gasteiger partial charge in [0.2, 0.25) is 0 Å². The molecule has 2 aromatic heterocycles. The van der Waals surface area contributed by atoms with Gasteiger partial charge in [-0.3, -0.25) is 15.0 Å². The van der Waals surface area contributed by atoms with Crippen LogP contribution in [0.15, 0.2) is 73.4 Å². The van der Waals surface area contributed by atoms with Gasteiger partial charge in [0.05, 0.1) is 24.6 Å². The minimum atomic E-state index is 0.612. The van der Waals surface area contributed by atoms with E-state index in [1.807, 2.05) is 31.3 Å². The number of aromatic nitrogens is 4. The molecule has 3 heterocycles. The standard InChI is InChI=1S/C24H26N6O/c1-19-24(28-18-20-3-2-9-26-17-20)29-23(8-10-25-11-12-27-19)21-4-6-22(7-5-21)30-13-15-31-16-14-30/h2-12,17H,13-16,18H2,1H3,(H,28,29). The molecule has 4 rings (SSSR count). The van der Waals surface area contributed by atoms with Crippen molar-refractivity contribution in [3.8, 4) is 11.3 Å². The molecule has 0 aliphatic carbocycles. The van der Waals surface area contributed by atoms with Crippen molar-refractivity contribution in [3.05, 3.63) is 84.7 Å². The van der Waals surface area contributed by atoms with Gasteiger partial charge in [-0.2, -0.15) is 0 Å². The first kappa shape index (κ1) is 20.7. The molecule has 1 saturated heterocycles. The Kier molecular flexibility index (Phi) is 6.97. The van der Waals surface area contributed by atoms with Crippen molar-refractivity contribution in [3.63, 3.8) is 0 Å². The summed E-state index contributed by atoms with van der Waals surface area (Å²) in [5, 5.41) is 3.40. The summed E-state index contributed by atoms with van der Waals surface area (Å²) < 4.78 is 5.45. The van der Waals surface area contributed by atoms with Crippen molar-refractivity contribution >= 4 is 11.5 Å². The summed E-state index contributed by atoms with van der Waals surface area (Å²) in [5.74, 6) is 0.715. The Balaban J connectivity index is 1.65. The zero-order valence-electron chi connectivity index (χ0n) is 17.6. The van der Waals surface area contributed by atoms with Crippen LogP contribution in [0.25, 0.3) is 11.3 Å². The SMILES string of the molecule is Cc1nccnccc(-c2ccc(N3CCOCC3)cc2)nc1NCc1cccnc1. The second-order valence-electron chi connectivity index (χ2n) is 7.18. The molecule has 31 heavy (non-hydrogen) atoms. The Labute approximate surface area is 182 Å². The van der Waals surface area contributed by atoms with Crippen LogP contribution in [-0.2, 0) is 11.3 Å². The number of anilines is 2. The molecule has 1 aromatic carbocycles. The van der Waals surface area contributed by atoms with Crippen molar-refractivity contribution in [2.45, 2.75) is 13.5 Å². The number of benzene rings is 1. The molecule has 158 valence electrons. The second kappa shape index (κ2) is 10.4. The third-order valence-electron chi connectivity index (χ3n) is 5.04. The van der Waals surface area contributed by atoms with E-state index in [1.165, 1.54) is 5.69 Å². The Morgan fingerprint density at radius 1 is 0.935 bits per heavy atom. The number of pyridine rings is 1. The van der Waals surface area contributed by atoms with Crippen LogP contribution >= 0.6 is 0 Å². The molecule has 0 atom stereocenters. The molecule has 0 unspecified atom stereocenters. The average molecular weight is 415 g/mol. The normalized spacial score (nSPS) is 13.4. The lowest BCUT2D eigenvalue weighted by atomic mass is 10.1. The van der Waals surface area contributed by atoms with Gasteiger partial charge in [-0.05, 0) is 36.8 Å². The molecule has 7 nitrogen and oxygen atoms in total. The number of aryl methyl sites for hydroxylation is 1. The van der Waals surface area contributed by atoms with E-state index in [0.29, 0.717) is 12.4 Å². The van der Waals surface area contributed by atoms with Crippen molar-refractivity contribution < 1.29 is 4.74 Å². The largest absolute Gasteiger partial charge is 0.378 e. The van der Waals surface area contributed by atoms with Gasteiger partial charge in [0.15, 0.2) is 0 Å². The molecule has 7 heteroatoms. The summed E-state index contributed by atoms with van der Waals surface area (Å²) in [6.07, 6.45) is 8.68. The molecule has 0 bridgehead atoms. The fraction of sp³-hybridized carbons (Fsp3) is 0.250. The lowest BCUT2D eigenvalue weighted by molar-refractivity contribution is 0.122. The van der Waals surface area contributed by atoms with E-state index in [0.717, 1.165) is 48.8 Å². The Morgan fingerprint density at radius 2 is 1.77 bits per heavy atom. The summed E-state index contributed by atoms with van der Waals surface area (Å²) in [6, 6.07) is 14.3. The zero-order chi connectivity index (χ0) is 21.3. The molecule has 3 aromatic rings. The molecule has 1 fully saturated rings. The Bertz CT molecular complexity index is 1040. The van der Waals surface area contributed by atoms with Crippen LogP contribution in [0.5, 0.6) is 0 Å². The summed E-state index contributed by atoms with van der Waals surface area (Å²) in [7, 11) is 0. The van der Waals surface area contributed by atoms with E-state index in [-0.39, 0.29) is 0 Å². The number of hydrogen-bond acceptors (Lipinski definition) is 7. The maximum Gasteiger partial charge on any atom is 0.148 e. The quantitative estimate of drug-likeness (QED) is 0.680. The molecule has 0 spiro atoms. The van der Waals surface area contributed by atoms with Crippen molar-refractivity contribution in [2.24, 2.45) is 0 Å². The van der Waals surface area contributed by atoms with Gasteiger partial charge in [0.1, 0.15) is 5.82 Å². The minimum absolute atomic E-state index is 0.612. The first-order valence-corrected chi connectivity index (χ1v) is 10.4. The average Bonchev–Trinajstić information content (AvgIpc) is 2.84. The van der Waals surface area contributed by atoms with E-state index < -0.39 is 0 Å². The predicted octanol–water partition coefficient (Wildman–Crippen LogP) is 3.82. The zero-order valence-corrected chi connectivity index (χ0v) is 17.6. The molecule has 1 N–H and O–H groups in total. The van der Waals surface area contributed by atoms with Crippen molar-refractivity contribution in [2.75, 3.05) is 36.5 Å². The lowest BCUT2D eigenvalue weighted by Crippen LogP contribution is -2.36. The predicted molar refractivity (Wildman–Crippen MR) is 122 cm³/mol. The lowest BCUT2D eigenvalue weighted by Gasteiger charge is -2.28. The third-order valence-corrected chi connectivity index (χ3v) is 5.04. The molecule has 0 radical (unpaired) electrons. The van der Waals surface area contributed by atoms with E-state index >= 15 is 0 Å². The number of ether oxygens (including phenoxy) is 1. The van der Waals surface area contributed by atoms with Crippen LogP contribution in [-0.4, -0.2) is 46.2 Å². The topological polar surface area (TPSA) is 76.1 Å². The number of nitrogens with one attached hydrogen (secondary N) is 1. The van der Waals surface area contributed by atoms with Crippen LogP contribution in [0.4, 0.5) is 11.5 Å². The number of nitrogens with zero attached hydrogens (tertiary/aromatic N) is 5. The Morgan fingerprint density at radius 3 is 2.55 bits per heavy atom. The second-order valence-corrected chi connectivity index (χ2v) is 7.18. The van der Waals surface area contributed by atoms with Gasteiger partial charge < -0.3 is 15.0 Å². The van der Waals surface area contributed by atoms with Crippen LogP contribution in [0, 0.1) is 6.92 Å². The molecule has 0 saturated carbocycles. The molecule has 1 aliphatic heterocycles. The number of morpholine rings is 1. The van der Waals surface area contributed by atoms with Gasteiger partial charge in [-0.15, -0.1) is 0 Å². The summed E-state index contributed by atoms with van der Waals surface area (Å²) >= 11 is 0. The highest BCUT2D eigenvalue weighted by Crippen LogP contribution is 2.23. The number of hydrogen-bond donors (Lipinski definition) is 1. The maximum absolute atomic E-state index is 5.45. The monoisotopic (exact) mass is 414 g/mol. The molecular weight excluding hydrogens is 388 g/mol. The smallest absolute Gasteiger partial charge is 0.148 e. The maximum atomic E-state index is 5.45. The van der Waals surface area contributed by atoms with Crippen LogP contribution in [0.3, 0.4) is 0 Å². The van der Waals surface area contributed by atoms with E-state index in [1.54, 1.807) is 24.8 Å². The van der Waals surface area contributed by atoms with Crippen molar-refractivity contribution in [1.29, 1.82) is 0 Å². The van der Waals surface area contributed by atoms with Crippen LogP contribution < -0.4 is 10.2 Å². The molecular formula is C24H26N6O. The number of rotatable bonds is 5. The fourth-order valence-electron chi connectivity index (χ4n) is 3.33. The summed E-state index contributed by atoms with van der Waals surface area (Å²) in [6.45, 7) is 5.91. The van der Waals surface area contributed by atoms with Crippen LogP contribution in [0.2, 0.25) is 0 Å². The van der Waals surface area contributed by atoms with E-state index in [2.05, 4.69) is 49.4 Å². The molecule has 0 amide bonds. The Hall–Kier alpha value is -3.58. The highest BCUT2D eigenvalue weighted by atomic mass is 16.5. The van der Waals surface area contributed by atoms with Gasteiger partial charge in [-0.1, -0.05) is 18.2 Å². The molecule has 1 aliphatic rings. The van der Waals surface area contributed by atoms with Gasteiger partial charge >= 0.3 is 0 Å². The minimum Gasteiger partial charge on any atom is -0.378 e. The highest BCUT2D eigenvalue weighted by molar-refractivity contribution is 5.64. The fourth-order valence-corrected chi connectivity index (χ4v) is 3.33. The summed E-state index contributed by atoms with van der Waals surface area (Å²) in [5.41, 5.74) is 4.89. The van der Waals surface area contributed by atoms with E-state index in [9.17, 15) is 0 Å². The first-order chi connectivity index (χ1) is 15.3. The van der Waals surface area contributed by atoms with Crippen LogP contribution in [0.1, 0.15) is 11.3 Å². The van der Waals surface area contributed by atoms with Crippen molar-refractivity contribution in [1.82, 2.24) is 19.9 Å². The first-order valence-electron chi connectivity index (χ1n) is 10.4. The summed E-state index contributed by atoms with van der Waals surface area (Å²) in [4.78, 5) is 20.1. The van der Waals surface area contributed by atoms with E-state index in [4.69, 9.17) is 9.72 Å². The highest BCUT2D eigenvalue weighted by Gasteiger charge is 2.11. The van der Waals surface area contributed by atoms with Gasteiger partial charge in [0, 0.05) is 61.9 Å². The van der Waals surface area contributed by atoms with Gasteiger partial charge in [0.25, 0.3) is 0 Å².